The summed E-state index contributed by atoms with van der Waals surface area (Å²) in [5.41, 5.74) is 0.924. The molecule has 2 aromatic rings. The average molecular weight is 354 g/mol. The van der Waals surface area contributed by atoms with Crippen LogP contribution in [0, 0.1) is 0 Å². The molecule has 1 aromatic heterocycles. The molecule has 1 aliphatic heterocycles. The largest absolute Gasteiger partial charge is 0.489 e. The zero-order valence-corrected chi connectivity index (χ0v) is 15.4. The molecule has 0 spiro atoms. The molecule has 1 N–H and O–H groups in total. The Morgan fingerprint density at radius 2 is 1.77 bits per heavy atom. The first-order chi connectivity index (χ1) is 12.6. The maximum absolute atomic E-state index is 12.5. The van der Waals surface area contributed by atoms with Gasteiger partial charge in [0.25, 0.3) is 5.91 Å². The number of amides is 1. The molecule has 138 valence electrons. The molecular formula is C20H26N4O2. The molecule has 1 saturated heterocycles. The summed E-state index contributed by atoms with van der Waals surface area (Å²) in [4.78, 5) is 14.8. The Morgan fingerprint density at radius 1 is 1.04 bits per heavy atom. The molecule has 2 heterocycles. The van der Waals surface area contributed by atoms with Gasteiger partial charge in [-0.3, -0.25) is 4.79 Å². The van der Waals surface area contributed by atoms with Gasteiger partial charge in [-0.05, 0) is 51.0 Å². The Bertz CT molecular complexity index is 723. The number of benzene rings is 1. The first-order valence-electron chi connectivity index (χ1n) is 9.29. The average Bonchev–Trinajstić information content (AvgIpc) is 2.92. The van der Waals surface area contributed by atoms with Gasteiger partial charge in [-0.2, -0.15) is 0 Å². The third kappa shape index (κ3) is 4.71. The van der Waals surface area contributed by atoms with Gasteiger partial charge in [0, 0.05) is 13.1 Å². The first-order valence-corrected chi connectivity index (χ1v) is 9.29. The molecule has 0 atom stereocenters. The predicted molar refractivity (Wildman–Crippen MR) is 103 cm³/mol. The van der Waals surface area contributed by atoms with Crippen molar-refractivity contribution in [2.75, 3.05) is 23.3 Å². The van der Waals surface area contributed by atoms with E-state index < -0.39 is 0 Å². The van der Waals surface area contributed by atoms with Crippen molar-refractivity contribution >= 4 is 17.4 Å². The van der Waals surface area contributed by atoms with Gasteiger partial charge in [-0.15, -0.1) is 10.2 Å². The molecule has 0 aliphatic carbocycles. The highest BCUT2D eigenvalue weighted by atomic mass is 16.5. The Kier molecular flexibility index (Phi) is 6.04. The molecule has 1 aliphatic rings. The molecule has 26 heavy (non-hydrogen) atoms. The van der Waals surface area contributed by atoms with E-state index in [4.69, 9.17) is 4.74 Å². The number of carbonyl (C=O) groups excluding carboxylic acids is 1. The number of nitrogens with one attached hydrogen (secondary N) is 1. The van der Waals surface area contributed by atoms with E-state index in [0.717, 1.165) is 18.9 Å². The summed E-state index contributed by atoms with van der Waals surface area (Å²) in [7, 11) is 0. The van der Waals surface area contributed by atoms with Crippen molar-refractivity contribution in [1.82, 2.24) is 10.2 Å². The van der Waals surface area contributed by atoms with Crippen LogP contribution in [0.1, 0.15) is 50.0 Å². The second-order valence-electron chi connectivity index (χ2n) is 6.79. The zero-order valence-electron chi connectivity index (χ0n) is 15.4. The minimum atomic E-state index is -0.292. The van der Waals surface area contributed by atoms with Gasteiger partial charge in [0.15, 0.2) is 11.5 Å². The number of ether oxygens (including phenoxy) is 1. The van der Waals surface area contributed by atoms with E-state index in [2.05, 4.69) is 20.4 Å². The van der Waals surface area contributed by atoms with Gasteiger partial charge >= 0.3 is 0 Å². The molecule has 3 rings (SSSR count). The van der Waals surface area contributed by atoms with Crippen molar-refractivity contribution in [3.63, 3.8) is 0 Å². The van der Waals surface area contributed by atoms with Gasteiger partial charge in [-0.25, -0.2) is 0 Å². The molecule has 6 heteroatoms. The van der Waals surface area contributed by atoms with Crippen LogP contribution in [0.5, 0.6) is 5.75 Å². The van der Waals surface area contributed by atoms with Crippen LogP contribution in [0.3, 0.4) is 0 Å². The smallest absolute Gasteiger partial charge is 0.276 e. The second-order valence-corrected chi connectivity index (χ2v) is 6.79. The summed E-state index contributed by atoms with van der Waals surface area (Å²) in [6.45, 7) is 5.90. The lowest BCUT2D eigenvalue weighted by Crippen LogP contribution is -2.25. The number of carbonyl (C=O) groups is 1. The fourth-order valence-electron chi connectivity index (χ4n) is 3.03. The number of hydrogen-bond acceptors (Lipinski definition) is 5. The van der Waals surface area contributed by atoms with Crippen molar-refractivity contribution in [3.8, 4) is 5.75 Å². The van der Waals surface area contributed by atoms with Crippen LogP contribution in [0.25, 0.3) is 0 Å². The van der Waals surface area contributed by atoms with Gasteiger partial charge < -0.3 is 15.0 Å². The molecule has 1 fully saturated rings. The zero-order chi connectivity index (χ0) is 18.4. The number of para-hydroxylation sites is 2. The molecule has 0 saturated carbocycles. The fraction of sp³-hybridized carbons (Fsp3) is 0.450. The third-order valence-corrected chi connectivity index (χ3v) is 4.31. The minimum absolute atomic E-state index is 0.0285. The van der Waals surface area contributed by atoms with E-state index in [1.165, 1.54) is 25.7 Å². The summed E-state index contributed by atoms with van der Waals surface area (Å²) >= 11 is 0. The van der Waals surface area contributed by atoms with Gasteiger partial charge in [-0.1, -0.05) is 25.0 Å². The van der Waals surface area contributed by atoms with Gasteiger partial charge in [0.05, 0.1) is 11.8 Å². The maximum Gasteiger partial charge on any atom is 0.276 e. The molecule has 1 aromatic carbocycles. The number of aromatic nitrogens is 2. The Balaban J connectivity index is 1.69. The Labute approximate surface area is 154 Å². The summed E-state index contributed by atoms with van der Waals surface area (Å²) < 4.78 is 5.73. The van der Waals surface area contributed by atoms with Crippen molar-refractivity contribution in [2.45, 2.75) is 45.6 Å². The molecule has 0 unspecified atom stereocenters. The van der Waals surface area contributed by atoms with E-state index in [1.54, 1.807) is 6.07 Å². The van der Waals surface area contributed by atoms with Crippen LogP contribution in [-0.4, -0.2) is 35.3 Å². The lowest BCUT2D eigenvalue weighted by molar-refractivity contribution is 0.102. The summed E-state index contributed by atoms with van der Waals surface area (Å²) in [6.07, 6.45) is 4.92. The lowest BCUT2D eigenvalue weighted by atomic mass is 10.2. The molecule has 0 bridgehead atoms. The van der Waals surface area contributed by atoms with E-state index in [9.17, 15) is 4.79 Å². The van der Waals surface area contributed by atoms with Crippen LogP contribution in [0.2, 0.25) is 0 Å². The quantitative estimate of drug-likeness (QED) is 0.882. The highest BCUT2D eigenvalue weighted by molar-refractivity contribution is 6.03. The molecular weight excluding hydrogens is 328 g/mol. The highest BCUT2D eigenvalue weighted by Crippen LogP contribution is 2.25. The number of anilines is 2. The van der Waals surface area contributed by atoms with E-state index in [1.807, 2.05) is 44.2 Å². The van der Waals surface area contributed by atoms with Crippen LogP contribution in [0.15, 0.2) is 36.4 Å². The molecule has 6 nitrogen and oxygen atoms in total. The third-order valence-electron chi connectivity index (χ3n) is 4.31. The number of hydrogen-bond donors (Lipinski definition) is 1. The van der Waals surface area contributed by atoms with Crippen LogP contribution in [-0.2, 0) is 0 Å². The standard InChI is InChI=1S/C20H26N4O2/c1-15(2)26-18-10-6-5-9-16(18)21-20(25)17-11-12-19(23-22-17)24-13-7-3-4-8-14-24/h5-6,9-12,15H,3-4,7-8,13-14H2,1-2H3,(H,21,25). The van der Waals surface area contributed by atoms with Crippen molar-refractivity contribution in [2.24, 2.45) is 0 Å². The van der Waals surface area contributed by atoms with Crippen LogP contribution >= 0.6 is 0 Å². The minimum Gasteiger partial charge on any atom is -0.489 e. The SMILES string of the molecule is CC(C)Oc1ccccc1NC(=O)c1ccc(N2CCCCCC2)nn1. The van der Waals surface area contributed by atoms with E-state index >= 15 is 0 Å². The Morgan fingerprint density at radius 3 is 2.42 bits per heavy atom. The van der Waals surface area contributed by atoms with E-state index in [0.29, 0.717) is 17.1 Å². The predicted octanol–water partition coefficient (Wildman–Crippen LogP) is 3.90. The molecule has 0 radical (unpaired) electrons. The monoisotopic (exact) mass is 354 g/mol. The summed E-state index contributed by atoms with van der Waals surface area (Å²) in [5, 5.41) is 11.2. The van der Waals surface area contributed by atoms with Crippen molar-refractivity contribution < 1.29 is 9.53 Å². The van der Waals surface area contributed by atoms with E-state index in [-0.39, 0.29) is 12.0 Å². The number of nitrogens with zero attached hydrogens (tertiary/aromatic N) is 3. The fourth-order valence-corrected chi connectivity index (χ4v) is 3.03. The first kappa shape index (κ1) is 18.2. The van der Waals surface area contributed by atoms with Crippen molar-refractivity contribution in [1.29, 1.82) is 0 Å². The normalized spacial score (nSPS) is 14.8. The number of rotatable bonds is 5. The second kappa shape index (κ2) is 8.65. The summed E-state index contributed by atoms with van der Waals surface area (Å²) in [5.74, 6) is 1.19. The van der Waals surface area contributed by atoms with Gasteiger partial charge in [0.2, 0.25) is 0 Å². The summed E-state index contributed by atoms with van der Waals surface area (Å²) in [6, 6.07) is 11.0. The lowest BCUT2D eigenvalue weighted by Gasteiger charge is -2.20. The van der Waals surface area contributed by atoms with Crippen molar-refractivity contribution in [3.05, 3.63) is 42.1 Å². The Hall–Kier alpha value is -2.63. The van der Waals surface area contributed by atoms with Gasteiger partial charge in [0.1, 0.15) is 5.75 Å². The maximum atomic E-state index is 12.5. The van der Waals surface area contributed by atoms with Crippen LogP contribution in [0.4, 0.5) is 11.5 Å². The topological polar surface area (TPSA) is 67.3 Å². The van der Waals surface area contributed by atoms with Crippen LogP contribution < -0.4 is 15.0 Å². The molecule has 1 amide bonds. The highest BCUT2D eigenvalue weighted by Gasteiger charge is 2.15.